The number of aromatic amines is 2. The summed E-state index contributed by atoms with van der Waals surface area (Å²) in [4.78, 5) is 10.7. The molecule has 214 valence electrons. The average molecular weight is 563 g/mol. The highest BCUT2D eigenvalue weighted by atomic mass is 32.2. The summed E-state index contributed by atoms with van der Waals surface area (Å²) in [7, 11) is -1.11. The van der Waals surface area contributed by atoms with E-state index in [9.17, 15) is 8.60 Å². The molecule has 40 heavy (non-hydrogen) atoms. The summed E-state index contributed by atoms with van der Waals surface area (Å²) in [6.45, 7) is 23.3. The Morgan fingerprint density at radius 1 is 1.10 bits per heavy atom. The Morgan fingerprint density at radius 2 is 1.82 bits per heavy atom. The first kappa shape index (κ1) is 32.5. The van der Waals surface area contributed by atoms with Crippen LogP contribution in [-0.2, 0) is 23.0 Å². The van der Waals surface area contributed by atoms with Crippen molar-refractivity contribution < 1.29 is 8.60 Å². The van der Waals surface area contributed by atoms with Gasteiger partial charge in [0.2, 0.25) is 0 Å². The molecule has 2 aromatic carbocycles. The molecule has 0 fully saturated rings. The van der Waals surface area contributed by atoms with Crippen LogP contribution in [0.15, 0.2) is 74.4 Å². The van der Waals surface area contributed by atoms with Crippen LogP contribution in [0.2, 0.25) is 0 Å². The van der Waals surface area contributed by atoms with E-state index >= 15 is 0 Å². The van der Waals surface area contributed by atoms with E-state index in [0.29, 0.717) is 12.0 Å². The van der Waals surface area contributed by atoms with E-state index in [-0.39, 0.29) is 11.6 Å². The Hall–Kier alpha value is -3.71. The normalized spacial score (nSPS) is 11.1. The number of para-hydroxylation sites is 1. The predicted octanol–water partition coefficient (Wildman–Crippen LogP) is 8.41. The van der Waals surface area contributed by atoms with E-state index < -0.39 is 10.8 Å². The Kier molecular flexibility index (Phi) is 12.8. The van der Waals surface area contributed by atoms with Gasteiger partial charge in [-0.15, -0.1) is 0 Å². The molecule has 0 aliphatic rings. The van der Waals surface area contributed by atoms with Crippen LogP contribution in [0.4, 0.5) is 4.39 Å². The second-order valence-electron chi connectivity index (χ2n) is 9.04. The van der Waals surface area contributed by atoms with E-state index in [0.717, 1.165) is 68.8 Å². The minimum absolute atomic E-state index is 0.192. The highest BCUT2D eigenvalue weighted by Crippen LogP contribution is 2.39. The van der Waals surface area contributed by atoms with Crippen molar-refractivity contribution >= 4 is 32.8 Å². The third kappa shape index (κ3) is 8.15. The number of hydrogen-bond acceptors (Lipinski definition) is 3. The second-order valence-corrected chi connectivity index (χ2v) is 10.5. The molecule has 0 radical (unpaired) electrons. The number of rotatable bonds is 11. The smallest absolute Gasteiger partial charge is 0.127 e. The van der Waals surface area contributed by atoms with E-state index in [1.807, 2.05) is 65.1 Å². The highest BCUT2D eigenvalue weighted by Gasteiger charge is 2.18. The van der Waals surface area contributed by atoms with Crippen molar-refractivity contribution in [3.05, 3.63) is 103 Å². The Morgan fingerprint density at radius 3 is 2.42 bits per heavy atom. The molecular weight excluding hydrogens is 519 g/mol. The zero-order valence-corrected chi connectivity index (χ0v) is 25.5. The fraction of sp³-hybridized carbons (Fsp3) is 0.303. The zero-order valence-electron chi connectivity index (χ0n) is 24.7. The Bertz CT molecular complexity index is 1470. The number of nitrogens with zero attached hydrogens (tertiary/aromatic N) is 1. The van der Waals surface area contributed by atoms with Gasteiger partial charge < -0.3 is 15.3 Å². The number of fused-ring (bicyclic) bond motifs is 1. The SMILES string of the molecule is C=C(CC(=C)c1cccc2c(-c3ccc(CS(C)=O)c(F)c3)c(C(=C)C)[nH]c12)NCCc1cnc[nH]1.CC.CC. The number of allylic oxidation sites excluding steroid dienone is 2. The maximum Gasteiger partial charge on any atom is 0.127 e. The first-order valence-electron chi connectivity index (χ1n) is 13.7. The minimum Gasteiger partial charge on any atom is -0.388 e. The maximum atomic E-state index is 14.9. The largest absolute Gasteiger partial charge is 0.388 e. The van der Waals surface area contributed by atoms with Gasteiger partial charge in [0.05, 0.1) is 17.6 Å². The van der Waals surface area contributed by atoms with Crippen LogP contribution in [-0.4, -0.2) is 32.0 Å². The van der Waals surface area contributed by atoms with Crippen molar-refractivity contribution in [3.63, 3.8) is 0 Å². The summed E-state index contributed by atoms with van der Waals surface area (Å²) >= 11 is 0. The third-order valence-electron chi connectivity index (χ3n) is 6.09. The van der Waals surface area contributed by atoms with Crippen LogP contribution < -0.4 is 5.32 Å². The fourth-order valence-corrected chi connectivity index (χ4v) is 5.05. The van der Waals surface area contributed by atoms with Crippen LogP contribution in [0.1, 0.15) is 63.6 Å². The lowest BCUT2D eigenvalue weighted by molar-refractivity contribution is 0.616. The molecule has 2 aromatic heterocycles. The third-order valence-corrected chi connectivity index (χ3v) is 6.81. The number of H-pyrrole nitrogens is 2. The number of imidazole rings is 1. The van der Waals surface area contributed by atoms with Crippen LogP contribution in [0.25, 0.3) is 33.2 Å². The number of aromatic nitrogens is 3. The van der Waals surface area contributed by atoms with Gasteiger partial charge in [-0.1, -0.05) is 77.8 Å². The summed E-state index contributed by atoms with van der Waals surface area (Å²) in [5.41, 5.74) is 8.58. The number of hydrogen-bond donors (Lipinski definition) is 3. The van der Waals surface area contributed by atoms with Crippen molar-refractivity contribution in [1.29, 1.82) is 0 Å². The van der Waals surface area contributed by atoms with Gasteiger partial charge in [0.15, 0.2) is 0 Å². The quantitative estimate of drug-likeness (QED) is 0.172. The van der Waals surface area contributed by atoms with Crippen LogP contribution >= 0.6 is 0 Å². The van der Waals surface area contributed by atoms with Gasteiger partial charge in [-0.05, 0) is 29.7 Å². The standard InChI is InChI=1S/C29H31FN4OS.2C2H6/c1-18(2)28-27(21-9-10-22(16-36(5)35)26(30)14-21)25-8-6-7-24(29(25)34-28)19(3)13-20(4)32-12-11-23-15-31-17-33-23;2*1-2/h6-10,14-15,17,32,34H,1,3-4,11-13,16H2,2,5H3,(H,31,33);2*1-2H3. The molecule has 0 saturated carbocycles. The molecule has 0 amide bonds. The minimum atomic E-state index is -1.11. The lowest BCUT2D eigenvalue weighted by Crippen LogP contribution is -2.16. The molecule has 1 atom stereocenters. The Balaban J connectivity index is 0.00000134. The summed E-state index contributed by atoms with van der Waals surface area (Å²) in [5.74, 6) is -0.167. The summed E-state index contributed by atoms with van der Waals surface area (Å²) in [6, 6.07) is 11.2. The molecule has 2 heterocycles. The topological polar surface area (TPSA) is 73.6 Å². The van der Waals surface area contributed by atoms with E-state index in [1.165, 1.54) is 6.07 Å². The number of nitrogens with one attached hydrogen (secondary N) is 3. The molecule has 0 saturated heterocycles. The van der Waals surface area contributed by atoms with Crippen LogP contribution in [0.5, 0.6) is 0 Å². The molecule has 7 heteroatoms. The molecule has 0 spiro atoms. The predicted molar refractivity (Wildman–Crippen MR) is 172 cm³/mol. The molecule has 0 aliphatic carbocycles. The molecular formula is C33H43FN4OS. The molecule has 0 bridgehead atoms. The second kappa shape index (κ2) is 15.8. The van der Waals surface area contributed by atoms with Gasteiger partial charge in [0.1, 0.15) is 5.82 Å². The Labute approximate surface area is 241 Å². The van der Waals surface area contributed by atoms with E-state index in [2.05, 4.69) is 40.0 Å². The number of halogens is 1. The van der Waals surface area contributed by atoms with Gasteiger partial charge in [-0.3, -0.25) is 4.21 Å². The lowest BCUT2D eigenvalue weighted by Gasteiger charge is -2.12. The van der Waals surface area contributed by atoms with E-state index in [4.69, 9.17) is 0 Å². The lowest BCUT2D eigenvalue weighted by atomic mass is 9.95. The average Bonchev–Trinajstić information content (AvgIpc) is 3.60. The molecule has 4 aromatic rings. The first-order chi connectivity index (χ1) is 19.2. The van der Waals surface area contributed by atoms with Crippen molar-refractivity contribution in [2.45, 2.75) is 53.2 Å². The van der Waals surface area contributed by atoms with Crippen molar-refractivity contribution in [2.75, 3.05) is 12.8 Å². The van der Waals surface area contributed by atoms with Crippen LogP contribution in [0.3, 0.4) is 0 Å². The molecule has 5 nitrogen and oxygen atoms in total. The molecule has 0 aliphatic heterocycles. The van der Waals surface area contributed by atoms with Gasteiger partial charge in [-0.2, -0.15) is 0 Å². The number of benzene rings is 2. The van der Waals surface area contributed by atoms with Gasteiger partial charge in [0.25, 0.3) is 0 Å². The fourth-order valence-electron chi connectivity index (χ4n) is 4.38. The van der Waals surface area contributed by atoms with Crippen LogP contribution in [0, 0.1) is 5.82 Å². The van der Waals surface area contributed by atoms with Crippen molar-refractivity contribution in [2.24, 2.45) is 0 Å². The summed E-state index contributed by atoms with van der Waals surface area (Å²) in [5, 5.41) is 4.33. The van der Waals surface area contributed by atoms with Crippen molar-refractivity contribution in [3.8, 4) is 11.1 Å². The van der Waals surface area contributed by atoms with Gasteiger partial charge in [0, 0.05) is 81.8 Å². The maximum absolute atomic E-state index is 14.9. The summed E-state index contributed by atoms with van der Waals surface area (Å²) < 4.78 is 26.5. The van der Waals surface area contributed by atoms with Crippen molar-refractivity contribution in [1.82, 2.24) is 20.3 Å². The first-order valence-corrected chi connectivity index (χ1v) is 15.4. The highest BCUT2D eigenvalue weighted by molar-refractivity contribution is 7.83. The van der Waals surface area contributed by atoms with Gasteiger partial charge >= 0.3 is 0 Å². The van der Waals surface area contributed by atoms with Gasteiger partial charge in [-0.25, -0.2) is 9.37 Å². The zero-order chi connectivity index (χ0) is 29.8. The molecule has 4 rings (SSSR count). The monoisotopic (exact) mass is 562 g/mol. The molecule has 3 N–H and O–H groups in total. The summed E-state index contributed by atoms with van der Waals surface area (Å²) in [6.07, 6.45) is 6.48. The molecule has 1 unspecified atom stereocenters. The van der Waals surface area contributed by atoms with E-state index in [1.54, 1.807) is 18.6 Å².